The standard InChI is InChI=1S/C21H44BP/c1-5-8-14-21-15-11-13-20(4)22(21)16-12-19-23(17-9-6-2)18-10-7-3/h20-21H,5-19H2,1-4H3/t20-,21?/m0/s1. The van der Waals surface area contributed by atoms with E-state index in [2.05, 4.69) is 27.7 Å². The largest absolute Gasteiger partial charge is 0.146 e. The van der Waals surface area contributed by atoms with Crippen molar-refractivity contribution in [3.8, 4) is 0 Å². The second-order valence-electron chi connectivity index (χ2n) is 8.17. The summed E-state index contributed by atoms with van der Waals surface area (Å²) in [6.07, 6.45) is 22.5. The molecule has 0 aromatic carbocycles. The Kier molecular flexibility index (Phi) is 12.9. The highest BCUT2D eigenvalue weighted by atomic mass is 31.1. The van der Waals surface area contributed by atoms with Crippen LogP contribution in [0.3, 0.4) is 0 Å². The maximum Gasteiger partial charge on any atom is 0.146 e. The molecule has 0 radical (unpaired) electrons. The molecule has 1 fully saturated rings. The van der Waals surface area contributed by atoms with E-state index < -0.39 is 0 Å². The van der Waals surface area contributed by atoms with Crippen molar-refractivity contribution in [2.75, 3.05) is 18.5 Å². The lowest BCUT2D eigenvalue weighted by molar-refractivity contribution is 0.527. The molecule has 0 aliphatic carbocycles. The number of unbranched alkanes of at least 4 members (excludes halogenated alkanes) is 3. The van der Waals surface area contributed by atoms with Gasteiger partial charge in [0.15, 0.2) is 0 Å². The summed E-state index contributed by atoms with van der Waals surface area (Å²) in [7, 11) is 0.361. The Bertz CT molecular complexity index is 261. The Hall–Kier alpha value is 0.495. The molecule has 0 N–H and O–H groups in total. The molecule has 2 heteroatoms. The van der Waals surface area contributed by atoms with Crippen molar-refractivity contribution in [3.63, 3.8) is 0 Å². The molecule has 1 aliphatic heterocycles. The Labute approximate surface area is 149 Å². The molecule has 0 saturated carbocycles. The van der Waals surface area contributed by atoms with Crippen LogP contribution in [-0.2, 0) is 0 Å². The minimum absolute atomic E-state index is 0.361. The third-order valence-corrected chi connectivity index (χ3v) is 9.01. The fourth-order valence-corrected chi connectivity index (χ4v) is 7.42. The van der Waals surface area contributed by atoms with Crippen LogP contribution in [0.4, 0.5) is 0 Å². The summed E-state index contributed by atoms with van der Waals surface area (Å²) in [5, 5.41) is 0. The normalized spacial score (nSPS) is 22.0. The van der Waals surface area contributed by atoms with Crippen molar-refractivity contribution in [2.24, 2.45) is 0 Å². The predicted molar refractivity (Wildman–Crippen MR) is 113 cm³/mol. The van der Waals surface area contributed by atoms with Crippen molar-refractivity contribution in [1.29, 1.82) is 0 Å². The number of rotatable bonds is 13. The third-order valence-electron chi connectivity index (χ3n) is 6.17. The monoisotopic (exact) mass is 338 g/mol. The van der Waals surface area contributed by atoms with Crippen LogP contribution in [-0.4, -0.2) is 25.2 Å². The molecule has 1 rings (SSSR count). The van der Waals surface area contributed by atoms with Crippen LogP contribution >= 0.6 is 7.92 Å². The lowest BCUT2D eigenvalue weighted by atomic mass is 9.28. The molecule has 1 unspecified atom stereocenters. The highest BCUT2D eigenvalue weighted by molar-refractivity contribution is 7.57. The van der Waals surface area contributed by atoms with E-state index in [1.165, 1.54) is 70.6 Å². The van der Waals surface area contributed by atoms with E-state index in [1.807, 2.05) is 0 Å². The van der Waals surface area contributed by atoms with Gasteiger partial charge in [-0.3, -0.25) is 0 Å². The zero-order valence-electron chi connectivity index (χ0n) is 16.8. The van der Waals surface area contributed by atoms with Gasteiger partial charge in [-0.25, -0.2) is 0 Å². The van der Waals surface area contributed by atoms with Gasteiger partial charge in [0.25, 0.3) is 0 Å². The van der Waals surface area contributed by atoms with Crippen molar-refractivity contribution in [3.05, 3.63) is 0 Å². The van der Waals surface area contributed by atoms with Gasteiger partial charge in [-0.05, 0) is 31.3 Å². The van der Waals surface area contributed by atoms with Crippen molar-refractivity contribution >= 4 is 14.6 Å². The smallest absolute Gasteiger partial charge is 0.107 e. The summed E-state index contributed by atoms with van der Waals surface area (Å²) in [6, 6.07) is 0. The van der Waals surface area contributed by atoms with Gasteiger partial charge < -0.3 is 0 Å². The Morgan fingerprint density at radius 3 is 2.04 bits per heavy atom. The van der Waals surface area contributed by atoms with Gasteiger partial charge in [0.1, 0.15) is 6.71 Å². The maximum atomic E-state index is 2.56. The highest BCUT2D eigenvalue weighted by Crippen LogP contribution is 2.43. The van der Waals surface area contributed by atoms with Crippen molar-refractivity contribution in [2.45, 2.75) is 116 Å². The van der Waals surface area contributed by atoms with E-state index in [-0.39, 0.29) is 0 Å². The molecular weight excluding hydrogens is 294 g/mol. The molecule has 0 aromatic heterocycles. The third kappa shape index (κ3) is 8.95. The van der Waals surface area contributed by atoms with E-state index in [0.717, 1.165) is 18.3 Å². The van der Waals surface area contributed by atoms with Gasteiger partial charge in [-0.2, -0.15) is 0 Å². The molecule has 2 atom stereocenters. The van der Waals surface area contributed by atoms with Gasteiger partial charge in [-0.1, -0.05) is 103 Å². The molecule has 0 nitrogen and oxygen atoms in total. The van der Waals surface area contributed by atoms with E-state index >= 15 is 0 Å². The lowest BCUT2D eigenvalue weighted by Crippen LogP contribution is -2.29. The van der Waals surface area contributed by atoms with Gasteiger partial charge in [0.2, 0.25) is 0 Å². The zero-order chi connectivity index (χ0) is 16.9. The van der Waals surface area contributed by atoms with E-state index in [4.69, 9.17) is 0 Å². The SMILES string of the molecule is CCCCC1CCC[C@H](C)B1CCCP(CCCC)CCCC. The molecule has 136 valence electrons. The van der Waals surface area contributed by atoms with Crippen LogP contribution in [0.15, 0.2) is 0 Å². The summed E-state index contributed by atoms with van der Waals surface area (Å²) < 4.78 is 0. The molecule has 23 heavy (non-hydrogen) atoms. The second kappa shape index (κ2) is 13.7. The van der Waals surface area contributed by atoms with Crippen molar-refractivity contribution < 1.29 is 0 Å². The van der Waals surface area contributed by atoms with E-state index in [0.29, 0.717) is 7.92 Å². The van der Waals surface area contributed by atoms with Crippen LogP contribution in [0.1, 0.15) is 98.3 Å². The molecular formula is C21H44BP. The quantitative estimate of drug-likeness (QED) is 0.235. The minimum Gasteiger partial charge on any atom is -0.107 e. The van der Waals surface area contributed by atoms with Gasteiger partial charge >= 0.3 is 0 Å². The molecule has 0 amide bonds. The summed E-state index contributed by atoms with van der Waals surface area (Å²) in [5.74, 6) is 2.07. The first-order valence-electron chi connectivity index (χ1n) is 10.9. The topological polar surface area (TPSA) is 0 Å². The minimum atomic E-state index is 0.361. The van der Waals surface area contributed by atoms with Crippen LogP contribution in [0, 0.1) is 0 Å². The molecule has 0 spiro atoms. The van der Waals surface area contributed by atoms with Crippen LogP contribution < -0.4 is 0 Å². The Morgan fingerprint density at radius 1 is 0.826 bits per heavy atom. The fraction of sp³-hybridized carbons (Fsp3) is 1.00. The van der Waals surface area contributed by atoms with Gasteiger partial charge in [0, 0.05) is 0 Å². The number of hydrogen-bond donors (Lipinski definition) is 0. The highest BCUT2D eigenvalue weighted by Gasteiger charge is 2.32. The zero-order valence-corrected chi connectivity index (χ0v) is 17.7. The Morgan fingerprint density at radius 2 is 1.43 bits per heavy atom. The Balaban J connectivity index is 2.38. The summed E-state index contributed by atoms with van der Waals surface area (Å²) in [5.41, 5.74) is 0. The average molecular weight is 338 g/mol. The molecule has 1 saturated heterocycles. The van der Waals surface area contributed by atoms with Gasteiger partial charge in [0.05, 0.1) is 0 Å². The molecule has 1 heterocycles. The van der Waals surface area contributed by atoms with Crippen LogP contribution in [0.5, 0.6) is 0 Å². The first kappa shape index (κ1) is 21.5. The second-order valence-corrected chi connectivity index (χ2v) is 10.8. The van der Waals surface area contributed by atoms with Crippen LogP contribution in [0.25, 0.3) is 0 Å². The van der Waals surface area contributed by atoms with Gasteiger partial charge in [-0.15, -0.1) is 7.92 Å². The van der Waals surface area contributed by atoms with E-state index in [1.54, 1.807) is 24.8 Å². The average Bonchev–Trinajstić information content (AvgIpc) is 2.56. The first-order valence-corrected chi connectivity index (χ1v) is 12.8. The van der Waals surface area contributed by atoms with Crippen molar-refractivity contribution in [1.82, 2.24) is 0 Å². The summed E-state index contributed by atoms with van der Waals surface area (Å²) in [4.78, 5) is 0. The lowest BCUT2D eigenvalue weighted by Gasteiger charge is -2.34. The molecule has 1 aliphatic rings. The van der Waals surface area contributed by atoms with E-state index in [9.17, 15) is 0 Å². The predicted octanol–water partition coefficient (Wildman–Crippen LogP) is 8.09. The molecule has 0 aromatic rings. The fourth-order valence-electron chi connectivity index (χ4n) is 4.59. The first-order chi connectivity index (χ1) is 11.2. The van der Waals surface area contributed by atoms with Crippen LogP contribution in [0.2, 0.25) is 18.0 Å². The summed E-state index contributed by atoms with van der Waals surface area (Å²) in [6.45, 7) is 10.7. The maximum absolute atomic E-state index is 2.56. The molecule has 0 bridgehead atoms. The number of hydrogen-bond acceptors (Lipinski definition) is 0. The summed E-state index contributed by atoms with van der Waals surface area (Å²) >= 11 is 0.